The number of nitrogens with one attached hydrogen (secondary N) is 1. The maximum absolute atomic E-state index is 12.5. The van der Waals surface area contributed by atoms with Crippen LogP contribution >= 0.6 is 11.3 Å². The molecule has 1 N–H and O–H groups in total. The summed E-state index contributed by atoms with van der Waals surface area (Å²) in [5.74, 6) is 1.33. The zero-order valence-corrected chi connectivity index (χ0v) is 20.0. The molecule has 0 unspecified atom stereocenters. The second-order valence-corrected chi connectivity index (χ2v) is 9.87. The molecule has 3 aromatic heterocycles. The third kappa shape index (κ3) is 5.21. The highest BCUT2D eigenvalue weighted by Gasteiger charge is 2.21. The van der Waals surface area contributed by atoms with Gasteiger partial charge in [-0.2, -0.15) is 5.10 Å². The van der Waals surface area contributed by atoms with Gasteiger partial charge in [-0.3, -0.25) is 4.68 Å². The lowest BCUT2D eigenvalue weighted by atomic mass is 10.1. The second kappa shape index (κ2) is 10.3. The topological polar surface area (TPSA) is 69.0 Å². The molecule has 3 heterocycles. The van der Waals surface area contributed by atoms with Gasteiger partial charge in [0.05, 0.1) is 13.2 Å². The Morgan fingerprint density at radius 2 is 2.03 bits per heavy atom. The predicted molar refractivity (Wildman–Crippen MR) is 130 cm³/mol. The first-order valence-corrected chi connectivity index (χ1v) is 12.4. The van der Waals surface area contributed by atoms with E-state index in [0.29, 0.717) is 23.3 Å². The van der Waals surface area contributed by atoms with E-state index >= 15 is 0 Å². The minimum absolute atomic E-state index is 0.410. The van der Waals surface area contributed by atoms with Gasteiger partial charge in [0.1, 0.15) is 11.4 Å². The molecule has 0 atom stereocenters. The van der Waals surface area contributed by atoms with Crippen molar-refractivity contribution in [1.82, 2.24) is 14.8 Å². The summed E-state index contributed by atoms with van der Waals surface area (Å²) in [5, 5.41) is 10.3. The van der Waals surface area contributed by atoms with Crippen LogP contribution in [0, 0.1) is 5.92 Å². The van der Waals surface area contributed by atoms with Gasteiger partial charge in [0.2, 0.25) is 0 Å². The average Bonchev–Trinajstić information content (AvgIpc) is 3.37. The first kappa shape index (κ1) is 22.5. The minimum atomic E-state index is -0.413. The van der Waals surface area contributed by atoms with Gasteiger partial charge in [-0.05, 0) is 42.7 Å². The van der Waals surface area contributed by atoms with Crippen molar-refractivity contribution in [2.75, 3.05) is 12.4 Å². The number of methoxy groups -OCH3 is 1. The van der Waals surface area contributed by atoms with Gasteiger partial charge in [-0.25, -0.2) is 9.78 Å². The van der Waals surface area contributed by atoms with Crippen LogP contribution < -0.4 is 5.32 Å². The molecule has 6 nitrogen and oxygen atoms in total. The number of rotatable bonds is 7. The van der Waals surface area contributed by atoms with E-state index in [1.807, 2.05) is 23.6 Å². The molecular weight excluding hydrogens is 420 g/mol. The van der Waals surface area contributed by atoms with E-state index in [2.05, 4.69) is 34.9 Å². The van der Waals surface area contributed by atoms with Crippen molar-refractivity contribution in [2.45, 2.75) is 64.8 Å². The lowest BCUT2D eigenvalue weighted by molar-refractivity contribution is 0.0601. The number of thiophene rings is 1. The van der Waals surface area contributed by atoms with Crippen molar-refractivity contribution < 1.29 is 9.53 Å². The zero-order valence-electron chi connectivity index (χ0n) is 19.1. The Bertz CT molecular complexity index is 1030. The molecule has 0 amide bonds. The van der Waals surface area contributed by atoms with E-state index in [0.717, 1.165) is 22.7 Å². The molecule has 0 saturated heterocycles. The average molecular weight is 453 g/mol. The number of anilines is 2. The summed E-state index contributed by atoms with van der Waals surface area (Å²) < 4.78 is 7.26. The van der Waals surface area contributed by atoms with Crippen molar-refractivity contribution in [3.63, 3.8) is 0 Å². The van der Waals surface area contributed by atoms with E-state index < -0.39 is 5.97 Å². The van der Waals surface area contributed by atoms with Crippen LogP contribution in [-0.4, -0.2) is 27.8 Å². The first-order valence-electron chi connectivity index (χ1n) is 11.5. The Morgan fingerprint density at radius 1 is 1.25 bits per heavy atom. The SMILES string of the molecule is COC(=O)c1cc(-c2cccs2)cnc1Nc1cc(CC(C)C)n(C2CCCCCC2)n1. The Hall–Kier alpha value is -2.67. The van der Waals surface area contributed by atoms with Gasteiger partial charge in [-0.15, -0.1) is 11.3 Å². The first-order chi connectivity index (χ1) is 15.5. The highest BCUT2D eigenvalue weighted by Crippen LogP contribution is 2.32. The molecule has 32 heavy (non-hydrogen) atoms. The summed E-state index contributed by atoms with van der Waals surface area (Å²) in [4.78, 5) is 18.2. The zero-order chi connectivity index (χ0) is 22.5. The number of pyridine rings is 1. The molecule has 1 aliphatic carbocycles. The standard InChI is InChI=1S/C25H32N4O2S/c1-17(2)13-20-15-23(28-29(20)19-9-6-4-5-7-10-19)27-24-21(25(30)31-3)14-18(16-26-24)22-11-8-12-32-22/h8,11-12,14-17,19H,4-7,9-10,13H2,1-3H3,(H,26,27,28). The number of carbonyl (C=O) groups excluding carboxylic acids is 1. The van der Waals surface area contributed by atoms with Gasteiger partial charge >= 0.3 is 5.97 Å². The van der Waals surface area contributed by atoms with Gasteiger partial charge in [-0.1, -0.05) is 45.6 Å². The molecule has 0 aliphatic heterocycles. The highest BCUT2D eigenvalue weighted by molar-refractivity contribution is 7.13. The molecule has 7 heteroatoms. The second-order valence-electron chi connectivity index (χ2n) is 8.92. The largest absolute Gasteiger partial charge is 0.465 e. The number of hydrogen-bond donors (Lipinski definition) is 1. The Labute approximate surface area is 194 Å². The fraction of sp³-hybridized carbons (Fsp3) is 0.480. The number of hydrogen-bond acceptors (Lipinski definition) is 6. The van der Waals surface area contributed by atoms with Gasteiger partial charge < -0.3 is 10.1 Å². The number of carbonyl (C=O) groups is 1. The third-order valence-corrected chi connectivity index (χ3v) is 6.87. The van der Waals surface area contributed by atoms with Crippen LogP contribution in [0.25, 0.3) is 10.4 Å². The van der Waals surface area contributed by atoms with Crippen molar-refractivity contribution in [3.8, 4) is 10.4 Å². The predicted octanol–water partition coefficient (Wildman–Crippen LogP) is 6.63. The molecule has 0 radical (unpaired) electrons. The number of aromatic nitrogens is 3. The van der Waals surface area contributed by atoms with E-state index in [1.165, 1.54) is 51.3 Å². The van der Waals surface area contributed by atoms with Crippen molar-refractivity contribution in [1.29, 1.82) is 0 Å². The summed E-state index contributed by atoms with van der Waals surface area (Å²) in [5.41, 5.74) is 2.55. The molecule has 1 aliphatic rings. The number of esters is 1. The molecule has 3 aromatic rings. The highest BCUT2D eigenvalue weighted by atomic mass is 32.1. The molecular formula is C25H32N4O2S. The van der Waals surface area contributed by atoms with Crippen LogP contribution in [0.4, 0.5) is 11.6 Å². The third-order valence-electron chi connectivity index (χ3n) is 5.95. The lowest BCUT2D eigenvalue weighted by Gasteiger charge is -2.18. The van der Waals surface area contributed by atoms with Crippen LogP contribution in [0.15, 0.2) is 35.8 Å². The van der Waals surface area contributed by atoms with Crippen LogP contribution in [0.2, 0.25) is 0 Å². The normalized spacial score (nSPS) is 15.0. The maximum atomic E-state index is 12.5. The molecule has 0 aromatic carbocycles. The number of nitrogens with zero attached hydrogens (tertiary/aromatic N) is 3. The monoisotopic (exact) mass is 452 g/mol. The van der Waals surface area contributed by atoms with Crippen molar-refractivity contribution in [2.24, 2.45) is 5.92 Å². The lowest BCUT2D eigenvalue weighted by Crippen LogP contribution is -2.14. The van der Waals surface area contributed by atoms with Gasteiger partial charge in [0.15, 0.2) is 5.82 Å². The Balaban J connectivity index is 1.66. The maximum Gasteiger partial charge on any atom is 0.341 e. The number of ether oxygens (including phenoxy) is 1. The van der Waals surface area contributed by atoms with Gasteiger partial charge in [0.25, 0.3) is 0 Å². The van der Waals surface area contributed by atoms with E-state index in [-0.39, 0.29) is 0 Å². The molecule has 0 spiro atoms. The smallest absolute Gasteiger partial charge is 0.341 e. The van der Waals surface area contributed by atoms with Crippen molar-refractivity contribution in [3.05, 3.63) is 47.1 Å². The minimum Gasteiger partial charge on any atom is -0.465 e. The van der Waals surface area contributed by atoms with Crippen LogP contribution in [-0.2, 0) is 11.2 Å². The molecule has 4 rings (SSSR count). The fourth-order valence-electron chi connectivity index (χ4n) is 4.41. The summed E-state index contributed by atoms with van der Waals surface area (Å²) in [6.07, 6.45) is 10.2. The molecule has 1 saturated carbocycles. The van der Waals surface area contributed by atoms with E-state index in [1.54, 1.807) is 17.5 Å². The molecule has 1 fully saturated rings. The fourth-order valence-corrected chi connectivity index (χ4v) is 5.12. The van der Waals surface area contributed by atoms with E-state index in [9.17, 15) is 4.79 Å². The van der Waals surface area contributed by atoms with Crippen LogP contribution in [0.5, 0.6) is 0 Å². The van der Waals surface area contributed by atoms with Crippen LogP contribution in [0.1, 0.15) is 74.5 Å². The molecule has 170 valence electrons. The molecule has 0 bridgehead atoms. The Morgan fingerprint density at radius 3 is 2.69 bits per heavy atom. The quantitative estimate of drug-likeness (QED) is 0.322. The summed E-state index contributed by atoms with van der Waals surface area (Å²) >= 11 is 1.61. The summed E-state index contributed by atoms with van der Waals surface area (Å²) in [6, 6.07) is 8.39. The summed E-state index contributed by atoms with van der Waals surface area (Å²) in [6.45, 7) is 4.47. The summed E-state index contributed by atoms with van der Waals surface area (Å²) in [7, 11) is 1.39. The van der Waals surface area contributed by atoms with Gasteiger partial charge in [0, 0.05) is 28.4 Å². The van der Waals surface area contributed by atoms with Crippen molar-refractivity contribution >= 4 is 28.9 Å². The van der Waals surface area contributed by atoms with E-state index in [4.69, 9.17) is 9.84 Å². The van der Waals surface area contributed by atoms with Crippen LogP contribution in [0.3, 0.4) is 0 Å². The Kier molecular flexibility index (Phi) is 7.25.